The van der Waals surface area contributed by atoms with E-state index in [-0.39, 0.29) is 0 Å². The molecule has 2 N–H and O–H groups in total. The van der Waals surface area contributed by atoms with Gasteiger partial charge in [0.05, 0.1) is 0 Å². The highest BCUT2D eigenvalue weighted by Crippen LogP contribution is 2.16. The first-order chi connectivity index (χ1) is 10.2. The summed E-state index contributed by atoms with van der Waals surface area (Å²) in [6.07, 6.45) is 6.37. The zero-order valence-corrected chi connectivity index (χ0v) is 12.6. The van der Waals surface area contributed by atoms with Crippen molar-refractivity contribution in [3.8, 4) is 0 Å². The van der Waals surface area contributed by atoms with Gasteiger partial charge in [0.15, 0.2) is 0 Å². The fourth-order valence-electron chi connectivity index (χ4n) is 2.00. The molecule has 2 heterocycles. The molecule has 0 saturated carbocycles. The summed E-state index contributed by atoms with van der Waals surface area (Å²) in [5.74, 6) is 1.61. The maximum atomic E-state index is 5.65. The molecule has 2 aromatic rings. The molecule has 21 heavy (non-hydrogen) atoms. The lowest BCUT2D eigenvalue weighted by Gasteiger charge is -2.24. The van der Waals surface area contributed by atoms with E-state index in [0.717, 1.165) is 30.9 Å². The molecule has 0 saturated heterocycles. The van der Waals surface area contributed by atoms with Crippen LogP contribution in [-0.2, 0) is 6.54 Å². The molecule has 0 spiro atoms. The van der Waals surface area contributed by atoms with E-state index in [2.05, 4.69) is 25.9 Å². The summed E-state index contributed by atoms with van der Waals surface area (Å²) in [6, 6.07) is 5.94. The third-order valence-corrected chi connectivity index (χ3v) is 3.08. The first-order valence-corrected chi connectivity index (χ1v) is 7.05. The van der Waals surface area contributed by atoms with Crippen LogP contribution in [0.3, 0.4) is 0 Å². The van der Waals surface area contributed by atoms with Crippen molar-refractivity contribution in [3.63, 3.8) is 0 Å². The number of nitrogens with zero attached hydrogens (tertiary/aromatic N) is 5. The van der Waals surface area contributed by atoms with Crippen LogP contribution in [0.25, 0.3) is 0 Å². The Bertz CT molecular complexity index is 543. The van der Waals surface area contributed by atoms with Crippen LogP contribution >= 0.6 is 0 Å². The molecular weight excluding hydrogens is 264 g/mol. The third-order valence-electron chi connectivity index (χ3n) is 3.08. The smallest absolute Gasteiger partial charge is 0.226 e. The van der Waals surface area contributed by atoms with E-state index in [4.69, 9.17) is 5.73 Å². The standard InChI is InChI=1S/C15H22N6/c1-20(2)15-18-9-6-14(19-15)21(10-4-7-16)12-13-5-3-8-17-11-13/h3,5-6,8-9,11H,4,7,10,12,16H2,1-2H3. The van der Waals surface area contributed by atoms with E-state index in [9.17, 15) is 0 Å². The lowest BCUT2D eigenvalue weighted by atomic mass is 10.2. The highest BCUT2D eigenvalue weighted by molar-refractivity contribution is 5.43. The normalized spacial score (nSPS) is 10.4. The van der Waals surface area contributed by atoms with E-state index in [0.29, 0.717) is 12.5 Å². The number of anilines is 2. The maximum Gasteiger partial charge on any atom is 0.226 e. The average molecular weight is 286 g/mol. The molecule has 0 aliphatic heterocycles. The van der Waals surface area contributed by atoms with Gasteiger partial charge in [0.1, 0.15) is 5.82 Å². The van der Waals surface area contributed by atoms with Crippen molar-refractivity contribution >= 4 is 11.8 Å². The van der Waals surface area contributed by atoms with Crippen LogP contribution in [0.1, 0.15) is 12.0 Å². The van der Waals surface area contributed by atoms with Gasteiger partial charge in [0.2, 0.25) is 5.95 Å². The Labute approximate surface area is 125 Å². The van der Waals surface area contributed by atoms with Crippen LogP contribution in [0.2, 0.25) is 0 Å². The highest BCUT2D eigenvalue weighted by Gasteiger charge is 2.10. The SMILES string of the molecule is CN(C)c1nccc(N(CCCN)Cc2cccnc2)n1. The van der Waals surface area contributed by atoms with Crippen LogP contribution in [0, 0.1) is 0 Å². The lowest BCUT2D eigenvalue weighted by Crippen LogP contribution is -2.27. The predicted molar refractivity (Wildman–Crippen MR) is 85.3 cm³/mol. The zero-order valence-electron chi connectivity index (χ0n) is 12.6. The number of aromatic nitrogens is 3. The molecule has 0 aliphatic rings. The van der Waals surface area contributed by atoms with Crippen molar-refractivity contribution in [2.75, 3.05) is 37.0 Å². The van der Waals surface area contributed by atoms with Gasteiger partial charge >= 0.3 is 0 Å². The van der Waals surface area contributed by atoms with E-state index in [1.807, 2.05) is 37.3 Å². The molecule has 6 heteroatoms. The summed E-state index contributed by atoms with van der Waals surface area (Å²) in [7, 11) is 3.87. The van der Waals surface area contributed by atoms with Gasteiger partial charge in [-0.2, -0.15) is 4.98 Å². The molecule has 2 aromatic heterocycles. The number of pyridine rings is 1. The molecule has 0 atom stereocenters. The Morgan fingerprint density at radius 1 is 1.19 bits per heavy atom. The van der Waals surface area contributed by atoms with E-state index in [1.165, 1.54) is 0 Å². The van der Waals surface area contributed by atoms with Gasteiger partial charge in [-0.3, -0.25) is 4.98 Å². The molecule has 0 bridgehead atoms. The monoisotopic (exact) mass is 286 g/mol. The third kappa shape index (κ3) is 4.39. The summed E-state index contributed by atoms with van der Waals surface area (Å²) in [4.78, 5) is 17.1. The van der Waals surface area contributed by atoms with Crippen LogP contribution in [0.5, 0.6) is 0 Å². The van der Waals surface area contributed by atoms with Gasteiger partial charge in [0.25, 0.3) is 0 Å². The van der Waals surface area contributed by atoms with E-state index in [1.54, 1.807) is 12.4 Å². The second kappa shape index (κ2) is 7.54. The van der Waals surface area contributed by atoms with Gasteiger partial charge in [-0.25, -0.2) is 4.98 Å². The minimum Gasteiger partial charge on any atom is -0.352 e. The van der Waals surface area contributed by atoms with Gasteiger partial charge in [-0.1, -0.05) is 6.07 Å². The Morgan fingerprint density at radius 3 is 2.71 bits per heavy atom. The van der Waals surface area contributed by atoms with Crippen LogP contribution in [0.15, 0.2) is 36.8 Å². The molecule has 0 unspecified atom stereocenters. The maximum absolute atomic E-state index is 5.65. The fourth-order valence-corrected chi connectivity index (χ4v) is 2.00. The Hall–Kier alpha value is -2.21. The topological polar surface area (TPSA) is 71.2 Å². The molecule has 0 fully saturated rings. The molecule has 2 rings (SSSR count). The quantitative estimate of drug-likeness (QED) is 0.827. The van der Waals surface area contributed by atoms with Crippen molar-refractivity contribution in [1.29, 1.82) is 0 Å². The van der Waals surface area contributed by atoms with Gasteiger partial charge in [-0.15, -0.1) is 0 Å². The fraction of sp³-hybridized carbons (Fsp3) is 0.400. The van der Waals surface area contributed by atoms with Crippen molar-refractivity contribution in [3.05, 3.63) is 42.4 Å². The zero-order chi connectivity index (χ0) is 15.1. The molecule has 6 nitrogen and oxygen atoms in total. The minimum atomic E-state index is 0.662. The van der Waals surface area contributed by atoms with Crippen LogP contribution in [-0.4, -0.2) is 42.1 Å². The van der Waals surface area contributed by atoms with Gasteiger partial charge in [-0.05, 0) is 30.7 Å². The highest BCUT2D eigenvalue weighted by atomic mass is 15.3. The van der Waals surface area contributed by atoms with Crippen LogP contribution < -0.4 is 15.5 Å². The molecule has 0 aromatic carbocycles. The Morgan fingerprint density at radius 2 is 2.05 bits per heavy atom. The summed E-state index contributed by atoms with van der Waals surface area (Å²) in [5, 5.41) is 0. The van der Waals surface area contributed by atoms with Gasteiger partial charge < -0.3 is 15.5 Å². The van der Waals surface area contributed by atoms with Gasteiger partial charge in [0, 0.05) is 45.8 Å². The molecule has 0 aliphatic carbocycles. The van der Waals surface area contributed by atoms with E-state index < -0.39 is 0 Å². The first kappa shape index (κ1) is 15.2. The molecular formula is C15H22N6. The largest absolute Gasteiger partial charge is 0.352 e. The number of hydrogen-bond acceptors (Lipinski definition) is 6. The van der Waals surface area contributed by atoms with Crippen molar-refractivity contribution in [1.82, 2.24) is 15.0 Å². The second-order valence-electron chi connectivity index (χ2n) is 5.03. The molecule has 0 amide bonds. The average Bonchev–Trinajstić information content (AvgIpc) is 2.52. The number of nitrogens with two attached hydrogens (primary N) is 1. The van der Waals surface area contributed by atoms with Crippen molar-refractivity contribution in [2.24, 2.45) is 5.73 Å². The number of hydrogen-bond donors (Lipinski definition) is 1. The second-order valence-corrected chi connectivity index (χ2v) is 5.03. The van der Waals surface area contributed by atoms with Crippen LogP contribution in [0.4, 0.5) is 11.8 Å². The summed E-state index contributed by atoms with van der Waals surface area (Å²) < 4.78 is 0. The first-order valence-electron chi connectivity index (χ1n) is 7.05. The molecule has 0 radical (unpaired) electrons. The number of rotatable bonds is 7. The molecule has 112 valence electrons. The summed E-state index contributed by atoms with van der Waals surface area (Å²) >= 11 is 0. The lowest BCUT2D eigenvalue weighted by molar-refractivity contribution is 0.722. The summed E-state index contributed by atoms with van der Waals surface area (Å²) in [6.45, 7) is 2.28. The Balaban J connectivity index is 2.20. The summed E-state index contributed by atoms with van der Waals surface area (Å²) in [5.41, 5.74) is 6.80. The minimum absolute atomic E-state index is 0.662. The van der Waals surface area contributed by atoms with Crippen molar-refractivity contribution < 1.29 is 0 Å². The Kier molecular flexibility index (Phi) is 5.45. The van der Waals surface area contributed by atoms with Crippen molar-refractivity contribution in [2.45, 2.75) is 13.0 Å². The predicted octanol–water partition coefficient (Wildman–Crippen LogP) is 1.29. The van der Waals surface area contributed by atoms with E-state index >= 15 is 0 Å².